The second-order valence-corrected chi connectivity index (χ2v) is 15.9. The summed E-state index contributed by atoms with van der Waals surface area (Å²) in [6.07, 6.45) is 17.3. The lowest BCUT2D eigenvalue weighted by Gasteiger charge is -2.47. The normalized spacial score (nSPS) is 21.2. The van der Waals surface area contributed by atoms with Crippen molar-refractivity contribution in [3.63, 3.8) is 0 Å². The molecule has 10 nitrogen and oxygen atoms in total. The number of carbonyl (C=O) groups excluding carboxylic acids is 1. The van der Waals surface area contributed by atoms with Gasteiger partial charge in [0.15, 0.2) is 5.82 Å². The van der Waals surface area contributed by atoms with E-state index in [-0.39, 0.29) is 86.7 Å². The van der Waals surface area contributed by atoms with Crippen LogP contribution in [0.1, 0.15) is 76.5 Å². The Bertz CT molecular complexity index is 2260. The first-order valence-corrected chi connectivity index (χ1v) is 19.7. The van der Waals surface area contributed by atoms with Crippen LogP contribution in [0.2, 0.25) is 0 Å². The lowest BCUT2D eigenvalue weighted by molar-refractivity contribution is 0.107. The van der Waals surface area contributed by atoms with Gasteiger partial charge in [-0.25, -0.2) is 22.9 Å². The lowest BCUT2D eigenvalue weighted by Crippen LogP contribution is -2.62. The zero-order valence-corrected chi connectivity index (χ0v) is 31.8. The van der Waals surface area contributed by atoms with Crippen LogP contribution in [0.4, 0.5) is 23.8 Å². The molecule has 2 aliphatic heterocycles. The first-order chi connectivity index (χ1) is 27.0. The second kappa shape index (κ2) is 15.0. The summed E-state index contributed by atoms with van der Waals surface area (Å²) >= 11 is 0. The number of carbonyl (C=O) groups is 1. The van der Waals surface area contributed by atoms with Crippen LogP contribution in [0.3, 0.4) is 0 Å². The summed E-state index contributed by atoms with van der Waals surface area (Å²) in [4.78, 5) is 34.0. The Morgan fingerprint density at radius 3 is 2.34 bits per heavy atom. The number of piperazine rings is 1. The average Bonchev–Trinajstić information content (AvgIpc) is 4.15. The zero-order valence-electron chi connectivity index (χ0n) is 31.8. The van der Waals surface area contributed by atoms with E-state index in [0.29, 0.717) is 63.1 Å². The van der Waals surface area contributed by atoms with Gasteiger partial charge >= 0.3 is 12.0 Å². The highest BCUT2D eigenvalue weighted by molar-refractivity contribution is 6.04. The Morgan fingerprint density at radius 1 is 1.00 bits per heavy atom. The van der Waals surface area contributed by atoms with Gasteiger partial charge in [0.25, 0.3) is 0 Å². The van der Waals surface area contributed by atoms with Crippen molar-refractivity contribution in [3.8, 4) is 47.7 Å². The zero-order chi connectivity index (χ0) is 39.3. The molecule has 2 atom stereocenters. The number of phenolic OH excluding ortho intramolecular Hbond substituents is 1. The van der Waals surface area contributed by atoms with Gasteiger partial charge < -0.3 is 29.9 Å². The Labute approximate surface area is 324 Å². The number of likely N-dealkylation sites (tertiary alicyclic amines) is 1. The van der Waals surface area contributed by atoms with E-state index in [9.17, 15) is 14.3 Å². The number of rotatable bonds is 10. The molecular formula is C43H46F3N7O3. The Kier molecular flexibility index (Phi) is 10.1. The molecule has 13 heteroatoms. The van der Waals surface area contributed by atoms with Crippen molar-refractivity contribution in [1.29, 1.82) is 0 Å². The van der Waals surface area contributed by atoms with Crippen molar-refractivity contribution < 1.29 is 27.8 Å². The van der Waals surface area contributed by atoms with Crippen molar-refractivity contribution in [3.05, 3.63) is 47.2 Å². The summed E-state index contributed by atoms with van der Waals surface area (Å²) in [5.41, 5.74) is -0.601. The van der Waals surface area contributed by atoms with Crippen molar-refractivity contribution in [2.24, 2.45) is 5.41 Å². The highest BCUT2D eigenvalue weighted by Gasteiger charge is 2.46. The number of nitrogens with zero attached hydrogens (tertiary/aromatic N) is 6. The Balaban J connectivity index is 1.25. The Hall–Kier alpha value is -5.27. The number of alkyl halides is 1. The maximum atomic E-state index is 17.4. The molecule has 0 spiro atoms. The van der Waals surface area contributed by atoms with Crippen molar-refractivity contribution in [2.75, 3.05) is 44.2 Å². The number of nitrogens with one attached hydrogen (secondary N) is 1. The average molecular weight is 766 g/mol. The van der Waals surface area contributed by atoms with Crippen LogP contribution >= 0.6 is 0 Å². The van der Waals surface area contributed by atoms with Crippen LogP contribution in [0.15, 0.2) is 24.3 Å². The molecule has 0 bridgehead atoms. The van der Waals surface area contributed by atoms with Gasteiger partial charge in [-0.3, -0.25) is 0 Å². The summed E-state index contributed by atoms with van der Waals surface area (Å²) in [6, 6.07) is 5.03. The van der Waals surface area contributed by atoms with Crippen molar-refractivity contribution in [1.82, 2.24) is 30.1 Å². The highest BCUT2D eigenvalue weighted by Crippen LogP contribution is 2.47. The van der Waals surface area contributed by atoms with Crippen LogP contribution in [0.5, 0.6) is 11.8 Å². The molecule has 4 aromatic rings. The molecule has 2 saturated heterocycles. The van der Waals surface area contributed by atoms with Gasteiger partial charge in [-0.15, -0.1) is 12.8 Å². The number of benzene rings is 2. The largest absolute Gasteiger partial charge is 0.508 e. The maximum absolute atomic E-state index is 17.4. The molecule has 2 saturated carbocycles. The number of anilines is 1. The van der Waals surface area contributed by atoms with Crippen LogP contribution in [0.25, 0.3) is 32.9 Å². The first-order valence-electron chi connectivity index (χ1n) is 19.7. The van der Waals surface area contributed by atoms with Crippen molar-refractivity contribution >= 4 is 33.5 Å². The predicted molar refractivity (Wildman–Crippen MR) is 209 cm³/mol. The minimum atomic E-state index is -0.872. The van der Waals surface area contributed by atoms with Crippen LogP contribution < -0.4 is 15.0 Å². The van der Waals surface area contributed by atoms with Crippen LogP contribution in [-0.4, -0.2) is 99.5 Å². The molecule has 4 aliphatic rings. The second-order valence-electron chi connectivity index (χ2n) is 15.9. The summed E-state index contributed by atoms with van der Waals surface area (Å²) in [5, 5.41) is 14.7. The number of hydrogen-bond acceptors (Lipinski definition) is 8. The number of phenols is 1. The molecule has 2 aliphatic carbocycles. The summed E-state index contributed by atoms with van der Waals surface area (Å²) in [7, 11) is 0. The SMILES string of the molecule is C#Cc1c(F)ccc2cc(O)cc(-c3nc(C#C)c4c(N5CC(CC)N(C(=O)NC6CC6)C(CC)C5)nc(OCC5(CN6CCC(F)CC6)CC5)nc4c3F)c12. The third kappa shape index (κ3) is 7.14. The molecule has 2 unspecified atom stereocenters. The van der Waals surface area contributed by atoms with E-state index in [1.54, 1.807) is 0 Å². The molecule has 2 aromatic heterocycles. The van der Waals surface area contributed by atoms with Crippen LogP contribution in [-0.2, 0) is 0 Å². The molecule has 2 amide bonds. The van der Waals surface area contributed by atoms with Gasteiger partial charge in [0.1, 0.15) is 40.5 Å². The number of hydrogen-bond donors (Lipinski definition) is 2. The van der Waals surface area contributed by atoms with E-state index >= 15 is 8.78 Å². The van der Waals surface area contributed by atoms with E-state index in [1.165, 1.54) is 24.3 Å². The fraction of sp³-hybridized carbons (Fsp3) is 0.488. The third-order valence-corrected chi connectivity index (χ3v) is 11.9. The quantitative estimate of drug-likeness (QED) is 0.168. The lowest BCUT2D eigenvalue weighted by atomic mass is 9.95. The number of urea groups is 1. The minimum absolute atomic E-state index is 0.0398. The smallest absolute Gasteiger partial charge is 0.319 e. The maximum Gasteiger partial charge on any atom is 0.319 e. The molecule has 8 rings (SSSR count). The number of piperidine rings is 1. The molecular weight excluding hydrogens is 720 g/mol. The number of pyridine rings is 1. The van der Waals surface area contributed by atoms with Gasteiger partial charge in [-0.05, 0) is 80.9 Å². The summed E-state index contributed by atoms with van der Waals surface area (Å²) < 4.78 is 52.8. The van der Waals surface area contributed by atoms with Gasteiger partial charge in [0.05, 0.1) is 29.6 Å². The molecule has 56 heavy (non-hydrogen) atoms. The first kappa shape index (κ1) is 37.6. The van der Waals surface area contributed by atoms with E-state index in [2.05, 4.69) is 32.0 Å². The minimum Gasteiger partial charge on any atom is -0.508 e. The van der Waals surface area contributed by atoms with E-state index < -0.39 is 17.8 Å². The molecule has 4 heterocycles. The number of aromatic hydroxyl groups is 1. The van der Waals surface area contributed by atoms with E-state index in [0.717, 1.165) is 32.2 Å². The number of amides is 2. The number of ether oxygens (including phenoxy) is 1. The van der Waals surface area contributed by atoms with Crippen LogP contribution in [0, 0.1) is 41.7 Å². The summed E-state index contributed by atoms with van der Waals surface area (Å²) in [5.74, 6) is 3.57. The topological polar surface area (TPSA) is 107 Å². The number of halogens is 3. The van der Waals surface area contributed by atoms with Gasteiger partial charge in [-0.1, -0.05) is 25.8 Å². The standard InChI is InChI=1S/C43H46F3N7O3/c1-5-28-21-52(22-29(6-2)53(28)42(55)47-27-10-11-27)40-36-34(8-4)48-38(32-20-30(54)19-25-9-12-33(45)31(7-3)35(25)32)37(46)39(36)49-41(50-40)56-24-43(15-16-43)23-51-17-13-26(44)14-18-51/h3-4,9,12,19-20,26-29,54H,5-6,10-11,13-18,21-24H2,1-2H3,(H,47,55). The monoisotopic (exact) mass is 765 g/mol. The van der Waals surface area contributed by atoms with E-state index in [4.69, 9.17) is 22.6 Å². The van der Waals surface area contributed by atoms with Crippen molar-refractivity contribution in [2.45, 2.75) is 89.5 Å². The number of terminal acetylenes is 2. The predicted octanol–water partition coefficient (Wildman–Crippen LogP) is 6.94. The molecule has 292 valence electrons. The third-order valence-electron chi connectivity index (χ3n) is 11.9. The number of aromatic nitrogens is 3. The van der Waals surface area contributed by atoms with E-state index in [1.807, 2.05) is 23.6 Å². The fourth-order valence-corrected chi connectivity index (χ4v) is 8.43. The number of fused-ring (bicyclic) bond motifs is 2. The molecule has 2 N–H and O–H groups in total. The summed E-state index contributed by atoms with van der Waals surface area (Å²) in [6.45, 7) is 7.25. The molecule has 0 radical (unpaired) electrons. The molecule has 2 aromatic carbocycles. The highest BCUT2D eigenvalue weighted by atomic mass is 19.1. The van der Waals surface area contributed by atoms with Gasteiger partial charge in [0, 0.05) is 55.1 Å². The Morgan fingerprint density at radius 2 is 1.71 bits per heavy atom. The van der Waals surface area contributed by atoms with Gasteiger partial charge in [-0.2, -0.15) is 9.97 Å². The molecule has 4 fully saturated rings. The fourth-order valence-electron chi connectivity index (χ4n) is 8.43. The van der Waals surface area contributed by atoms with Gasteiger partial charge in [0.2, 0.25) is 0 Å².